The van der Waals surface area contributed by atoms with E-state index in [9.17, 15) is 18.0 Å². The van der Waals surface area contributed by atoms with Gasteiger partial charge in [0, 0.05) is 30.1 Å². The summed E-state index contributed by atoms with van der Waals surface area (Å²) in [5.74, 6) is 1.59. The van der Waals surface area contributed by atoms with E-state index >= 15 is 0 Å². The summed E-state index contributed by atoms with van der Waals surface area (Å²) in [6.45, 7) is 9.18. The van der Waals surface area contributed by atoms with Gasteiger partial charge in [-0.1, -0.05) is 61.3 Å². The summed E-state index contributed by atoms with van der Waals surface area (Å²) in [4.78, 5) is 33.9. The van der Waals surface area contributed by atoms with Crippen LogP contribution in [0.3, 0.4) is 0 Å². The fourth-order valence-electron chi connectivity index (χ4n) is 6.30. The number of benzene rings is 2. The van der Waals surface area contributed by atoms with Crippen LogP contribution in [0.25, 0.3) is 11.1 Å². The van der Waals surface area contributed by atoms with E-state index in [0.29, 0.717) is 66.4 Å². The van der Waals surface area contributed by atoms with Crippen LogP contribution < -0.4 is 10.3 Å². The summed E-state index contributed by atoms with van der Waals surface area (Å²) in [7, 11) is -4.03. The fourth-order valence-corrected chi connectivity index (χ4v) is 7.58. The molecule has 0 saturated heterocycles. The summed E-state index contributed by atoms with van der Waals surface area (Å²) < 4.78 is 42.7. The molecule has 1 saturated carbocycles. The number of sulfonamides is 1. The number of hydrogen-bond acceptors (Lipinski definition) is 8. The van der Waals surface area contributed by atoms with Gasteiger partial charge in [-0.25, -0.2) is 13.4 Å². The Kier molecular flexibility index (Phi) is 9.84. The molecule has 2 aliphatic rings. The Hall–Kier alpha value is -4.29. The Morgan fingerprint density at radius 1 is 1.08 bits per heavy atom. The highest BCUT2D eigenvalue weighted by Crippen LogP contribution is 2.34. The largest absolute Gasteiger partial charge is 0.377 e. The molecule has 1 amide bonds. The van der Waals surface area contributed by atoms with E-state index in [-0.39, 0.29) is 34.7 Å². The fraction of sp³-hybridized carbons (Fsp3) is 0.444. The molecule has 48 heavy (non-hydrogen) atoms. The molecule has 0 radical (unpaired) electrons. The molecule has 0 spiro atoms. The lowest BCUT2D eigenvalue weighted by Crippen LogP contribution is -2.35. The number of aromatic nitrogens is 3. The van der Waals surface area contributed by atoms with Crippen LogP contribution >= 0.6 is 0 Å². The van der Waals surface area contributed by atoms with Crippen molar-refractivity contribution in [1.29, 1.82) is 0 Å². The van der Waals surface area contributed by atoms with Crippen LogP contribution in [0.5, 0.6) is 0 Å². The maximum atomic E-state index is 14.0. The predicted molar refractivity (Wildman–Crippen MR) is 182 cm³/mol. The van der Waals surface area contributed by atoms with Crippen molar-refractivity contribution < 1.29 is 22.5 Å². The number of anilines is 1. The van der Waals surface area contributed by atoms with Gasteiger partial charge in [-0.2, -0.15) is 0 Å². The van der Waals surface area contributed by atoms with Gasteiger partial charge in [-0.05, 0) is 62.8 Å². The lowest BCUT2D eigenvalue weighted by atomic mass is 9.84. The van der Waals surface area contributed by atoms with Gasteiger partial charge >= 0.3 is 0 Å². The zero-order chi connectivity index (χ0) is 34.0. The first-order valence-electron chi connectivity index (χ1n) is 16.8. The van der Waals surface area contributed by atoms with Crippen molar-refractivity contribution in [2.45, 2.75) is 97.4 Å². The number of nitrogens with zero attached hydrogens (tertiary/aromatic N) is 4. The molecular weight excluding hydrogens is 630 g/mol. The molecule has 1 aliphatic heterocycles. The molecule has 0 bridgehead atoms. The van der Waals surface area contributed by atoms with Gasteiger partial charge in [-0.3, -0.25) is 18.9 Å². The van der Waals surface area contributed by atoms with Crippen LogP contribution in [-0.2, 0) is 52.2 Å². The van der Waals surface area contributed by atoms with Gasteiger partial charge in [0.25, 0.3) is 15.6 Å². The maximum absolute atomic E-state index is 14.0. The Morgan fingerprint density at radius 2 is 1.88 bits per heavy atom. The van der Waals surface area contributed by atoms with Crippen LogP contribution in [0.4, 0.5) is 5.82 Å². The number of fused-ring (bicyclic) bond motifs is 1. The van der Waals surface area contributed by atoms with Crippen LogP contribution in [0.15, 0.2) is 56.7 Å². The molecule has 12 heteroatoms. The number of nitrogens with one attached hydrogen (secondary N) is 1. The lowest BCUT2D eigenvalue weighted by molar-refractivity contribution is -0.138. The van der Waals surface area contributed by atoms with Crippen molar-refractivity contribution >= 4 is 21.7 Å². The van der Waals surface area contributed by atoms with E-state index < -0.39 is 10.0 Å². The summed E-state index contributed by atoms with van der Waals surface area (Å²) in [6.07, 6.45) is 5.41. The van der Waals surface area contributed by atoms with Gasteiger partial charge in [0.2, 0.25) is 5.91 Å². The lowest BCUT2D eigenvalue weighted by Gasteiger charge is -2.28. The molecule has 2 aromatic heterocycles. The minimum atomic E-state index is -4.03. The highest BCUT2D eigenvalue weighted by molar-refractivity contribution is 7.92. The minimum Gasteiger partial charge on any atom is -0.377 e. The topological polar surface area (TPSA) is 137 Å². The van der Waals surface area contributed by atoms with E-state index in [1.54, 1.807) is 47.6 Å². The third-order valence-electron chi connectivity index (χ3n) is 9.46. The highest BCUT2D eigenvalue weighted by atomic mass is 32.2. The quantitative estimate of drug-likeness (QED) is 0.186. The summed E-state index contributed by atoms with van der Waals surface area (Å²) >= 11 is 0. The summed E-state index contributed by atoms with van der Waals surface area (Å²) in [5, 5.41) is 3.88. The third-order valence-corrected chi connectivity index (χ3v) is 10.9. The van der Waals surface area contributed by atoms with Crippen LogP contribution in [0.2, 0.25) is 0 Å². The number of hydrogen-bond donors (Lipinski definition) is 1. The zero-order valence-corrected chi connectivity index (χ0v) is 28.9. The van der Waals surface area contributed by atoms with Gasteiger partial charge in [0.05, 0.1) is 42.4 Å². The first-order valence-corrected chi connectivity index (χ1v) is 18.2. The van der Waals surface area contributed by atoms with E-state index in [4.69, 9.17) is 14.2 Å². The van der Waals surface area contributed by atoms with Crippen molar-refractivity contribution in [3.63, 3.8) is 0 Å². The zero-order valence-electron chi connectivity index (χ0n) is 28.0. The number of carbonyl (C=O) groups is 1. The summed E-state index contributed by atoms with van der Waals surface area (Å²) in [5.41, 5.74) is 4.69. The number of amides is 1. The van der Waals surface area contributed by atoms with E-state index in [0.717, 1.165) is 49.1 Å². The smallest absolute Gasteiger partial charge is 0.263 e. The van der Waals surface area contributed by atoms with Gasteiger partial charge in [-0.15, -0.1) is 0 Å². The molecule has 3 heterocycles. The molecule has 1 fully saturated rings. The molecule has 0 atom stereocenters. The average Bonchev–Trinajstić information content (AvgIpc) is 3.62. The normalized spacial score (nSPS) is 14.6. The number of rotatable bonds is 13. The Morgan fingerprint density at radius 3 is 2.56 bits per heavy atom. The first-order chi connectivity index (χ1) is 23.1. The second kappa shape index (κ2) is 14.1. The van der Waals surface area contributed by atoms with Gasteiger partial charge in [0.1, 0.15) is 11.6 Å². The molecule has 254 valence electrons. The number of carbonyl (C=O) groups excluding carboxylic acids is 1. The van der Waals surface area contributed by atoms with Crippen molar-refractivity contribution in [3.05, 3.63) is 92.4 Å². The standard InChI is InChI=1S/C36H43N5O6S/c1-5-7-15-33-37-31-21-40(35(42)26-11-10-12-26)20-30(31)36(43)41(33)19-25-16-17-28(27(18-25)22-46-6-2)29-13-8-9-14-32(29)48(44,45)39-34-23(3)24(4)47-38-34/h8-9,13-14,16-18,26H,5-7,10-12,15,19-22H2,1-4H3,(H,38,39). The van der Waals surface area contributed by atoms with Gasteiger partial charge in [0.15, 0.2) is 5.82 Å². The first kappa shape index (κ1) is 33.6. The third kappa shape index (κ3) is 6.68. The molecule has 0 unspecified atom stereocenters. The van der Waals surface area contributed by atoms with E-state index in [1.165, 1.54) is 0 Å². The van der Waals surface area contributed by atoms with Crippen molar-refractivity contribution in [3.8, 4) is 11.1 Å². The van der Waals surface area contributed by atoms with Crippen molar-refractivity contribution in [2.24, 2.45) is 5.92 Å². The SMILES string of the molecule is CCCCc1nc2c(c(=O)n1Cc1ccc(-c3ccccc3S(=O)(=O)Nc3noc(C)c3C)c(COCC)c1)CN(C(=O)C1CCC1)C2. The molecular formula is C36H43N5O6S. The Labute approximate surface area is 281 Å². The monoisotopic (exact) mass is 673 g/mol. The van der Waals surface area contributed by atoms with Crippen molar-refractivity contribution in [1.82, 2.24) is 19.6 Å². The second-order valence-electron chi connectivity index (χ2n) is 12.7. The second-order valence-corrected chi connectivity index (χ2v) is 14.4. The van der Waals surface area contributed by atoms with Gasteiger partial charge < -0.3 is 14.2 Å². The van der Waals surface area contributed by atoms with Crippen LogP contribution in [-0.4, -0.2) is 40.5 Å². The Bertz CT molecular complexity index is 2000. The van der Waals surface area contributed by atoms with E-state index in [1.807, 2.05) is 25.1 Å². The highest BCUT2D eigenvalue weighted by Gasteiger charge is 2.35. The molecule has 6 rings (SSSR count). The Balaban J connectivity index is 1.35. The molecule has 2 aromatic carbocycles. The number of unbranched alkanes of at least 4 members (excludes halogenated alkanes) is 1. The average molecular weight is 674 g/mol. The minimum absolute atomic E-state index is 0.0647. The van der Waals surface area contributed by atoms with E-state index in [2.05, 4.69) is 16.8 Å². The molecule has 1 N–H and O–H groups in total. The van der Waals surface area contributed by atoms with Crippen molar-refractivity contribution in [2.75, 3.05) is 11.3 Å². The number of aryl methyl sites for hydroxylation is 2. The number of ether oxygens (including phenoxy) is 1. The van der Waals surface area contributed by atoms with Crippen LogP contribution in [0, 0.1) is 19.8 Å². The van der Waals surface area contributed by atoms with Crippen LogP contribution in [0.1, 0.15) is 85.5 Å². The predicted octanol–water partition coefficient (Wildman–Crippen LogP) is 5.89. The summed E-state index contributed by atoms with van der Waals surface area (Å²) in [6, 6.07) is 12.6. The molecule has 1 aliphatic carbocycles. The molecule has 4 aromatic rings. The maximum Gasteiger partial charge on any atom is 0.263 e. The molecule has 11 nitrogen and oxygen atoms in total.